The van der Waals surface area contributed by atoms with Gasteiger partial charge in [-0.3, -0.25) is 15.0 Å². The minimum atomic E-state index is -0.415. The van der Waals surface area contributed by atoms with Crippen LogP contribution in [0.3, 0.4) is 0 Å². The van der Waals surface area contributed by atoms with Crippen molar-refractivity contribution in [2.24, 2.45) is 0 Å². The number of ether oxygens (including phenoxy) is 3. The Labute approximate surface area is 168 Å². The second-order valence-corrected chi connectivity index (χ2v) is 6.83. The fourth-order valence-electron chi connectivity index (χ4n) is 3.64. The van der Waals surface area contributed by atoms with E-state index in [2.05, 4.69) is 22.1 Å². The molecular formula is C21H21N3O5. The molecule has 2 heterocycles. The van der Waals surface area contributed by atoms with Crippen molar-refractivity contribution in [3.63, 3.8) is 0 Å². The zero-order valence-electron chi connectivity index (χ0n) is 16.2. The number of rotatable bonds is 4. The summed E-state index contributed by atoms with van der Waals surface area (Å²) in [6.45, 7) is 1.43. The third kappa shape index (κ3) is 3.65. The van der Waals surface area contributed by atoms with Gasteiger partial charge in [0, 0.05) is 29.9 Å². The fourth-order valence-corrected chi connectivity index (χ4v) is 3.64. The molecule has 2 aliphatic rings. The Hall–Kier alpha value is -3.44. The van der Waals surface area contributed by atoms with Gasteiger partial charge in [-0.25, -0.2) is 0 Å². The predicted molar refractivity (Wildman–Crippen MR) is 108 cm³/mol. The van der Waals surface area contributed by atoms with E-state index >= 15 is 0 Å². The summed E-state index contributed by atoms with van der Waals surface area (Å²) < 4.78 is 16.8. The summed E-state index contributed by atoms with van der Waals surface area (Å²) in [5.74, 6) is 8.46. The van der Waals surface area contributed by atoms with Crippen molar-refractivity contribution < 1.29 is 19.1 Å². The Morgan fingerprint density at radius 3 is 3.03 bits per heavy atom. The van der Waals surface area contributed by atoms with E-state index in [1.807, 2.05) is 13.1 Å². The normalized spacial score (nSPS) is 17.1. The summed E-state index contributed by atoms with van der Waals surface area (Å²) in [6, 6.07) is 8.25. The van der Waals surface area contributed by atoms with Gasteiger partial charge in [-0.2, -0.15) is 0 Å². The molecule has 4 rings (SSSR count). The molecule has 0 saturated heterocycles. The smallest absolute Gasteiger partial charge is 0.271 e. The number of hydrogen-bond donors (Lipinski definition) is 1. The molecule has 8 nitrogen and oxygen atoms in total. The van der Waals surface area contributed by atoms with Crippen LogP contribution in [-0.2, 0) is 6.42 Å². The lowest BCUT2D eigenvalue weighted by Gasteiger charge is -2.32. The zero-order valence-corrected chi connectivity index (χ0v) is 16.2. The van der Waals surface area contributed by atoms with Gasteiger partial charge < -0.3 is 19.5 Å². The average molecular weight is 395 g/mol. The topological polar surface area (TPSA) is 86.1 Å². The lowest BCUT2D eigenvalue weighted by molar-refractivity contribution is -0.384. The molecule has 0 aliphatic carbocycles. The highest BCUT2D eigenvalue weighted by Gasteiger charge is 2.33. The summed E-state index contributed by atoms with van der Waals surface area (Å²) >= 11 is 0. The summed E-state index contributed by atoms with van der Waals surface area (Å²) in [5, 5.41) is 14.0. The maximum atomic E-state index is 10.9. The number of nitrogens with zero attached hydrogens (tertiary/aromatic N) is 2. The number of likely N-dealkylation sites (N-methyl/N-ethyl adjacent to an activating group) is 1. The Bertz CT molecular complexity index is 1010. The van der Waals surface area contributed by atoms with Crippen LogP contribution in [0, 0.1) is 22.0 Å². The molecule has 0 fully saturated rings. The molecule has 2 aromatic carbocycles. The number of hydrogen-bond acceptors (Lipinski definition) is 7. The van der Waals surface area contributed by atoms with Gasteiger partial charge in [0.2, 0.25) is 12.5 Å². The first-order valence-electron chi connectivity index (χ1n) is 9.25. The molecule has 0 unspecified atom stereocenters. The lowest BCUT2D eigenvalue weighted by atomic mass is 9.91. The van der Waals surface area contributed by atoms with Crippen molar-refractivity contribution in [2.75, 3.05) is 39.4 Å². The van der Waals surface area contributed by atoms with Crippen molar-refractivity contribution >= 4 is 11.4 Å². The average Bonchev–Trinajstić information content (AvgIpc) is 3.19. The molecule has 0 aromatic heterocycles. The number of nitro groups is 1. The number of anilines is 1. The standard InChI is InChI=1S/C21H21N3O5/c1-23-10-8-14-11-18-20(29-13-28-18)21(27-2)19(14)17(23)7-4-9-22-15-5-3-6-16(12-15)24(25)26/h3,5-6,11-12,17,22H,8-10,13H2,1-2H3/t17-/m0/s1. The maximum absolute atomic E-state index is 10.9. The molecule has 1 N–H and O–H groups in total. The van der Waals surface area contributed by atoms with E-state index in [-0.39, 0.29) is 18.5 Å². The van der Waals surface area contributed by atoms with Crippen LogP contribution < -0.4 is 19.5 Å². The van der Waals surface area contributed by atoms with Gasteiger partial charge in [-0.15, -0.1) is 0 Å². The highest BCUT2D eigenvalue weighted by atomic mass is 16.7. The van der Waals surface area contributed by atoms with Crippen molar-refractivity contribution in [3.8, 4) is 29.1 Å². The zero-order chi connectivity index (χ0) is 20.4. The van der Waals surface area contributed by atoms with Crippen LogP contribution in [0.5, 0.6) is 17.2 Å². The first-order chi connectivity index (χ1) is 14.1. The highest BCUT2D eigenvalue weighted by molar-refractivity contribution is 5.63. The van der Waals surface area contributed by atoms with Crippen LogP contribution >= 0.6 is 0 Å². The van der Waals surface area contributed by atoms with Gasteiger partial charge in [0.25, 0.3) is 5.69 Å². The van der Waals surface area contributed by atoms with Crippen LogP contribution in [-0.4, -0.2) is 43.9 Å². The molecule has 29 heavy (non-hydrogen) atoms. The first kappa shape index (κ1) is 18.9. The van der Waals surface area contributed by atoms with E-state index in [4.69, 9.17) is 14.2 Å². The van der Waals surface area contributed by atoms with Crippen LogP contribution in [0.4, 0.5) is 11.4 Å². The van der Waals surface area contributed by atoms with E-state index in [1.165, 1.54) is 12.1 Å². The Kier molecular flexibility index (Phi) is 5.14. The maximum Gasteiger partial charge on any atom is 0.271 e. The summed E-state index contributed by atoms with van der Waals surface area (Å²) in [7, 11) is 3.65. The molecular weight excluding hydrogens is 374 g/mol. The molecule has 0 amide bonds. The van der Waals surface area contributed by atoms with Gasteiger partial charge in [0.05, 0.1) is 18.6 Å². The fraction of sp³-hybridized carbons (Fsp3) is 0.333. The van der Waals surface area contributed by atoms with E-state index in [0.29, 0.717) is 29.5 Å². The molecule has 1 atom stereocenters. The predicted octanol–water partition coefficient (Wildman–Crippen LogP) is 2.98. The number of nitrogens with one attached hydrogen (secondary N) is 1. The molecule has 2 aliphatic heterocycles. The number of benzene rings is 2. The van der Waals surface area contributed by atoms with E-state index in [1.54, 1.807) is 19.2 Å². The molecule has 0 saturated carbocycles. The van der Waals surface area contributed by atoms with Gasteiger partial charge >= 0.3 is 0 Å². The van der Waals surface area contributed by atoms with Crippen LogP contribution in [0.15, 0.2) is 30.3 Å². The number of methoxy groups -OCH3 is 1. The van der Waals surface area contributed by atoms with Gasteiger partial charge in [-0.05, 0) is 31.2 Å². The van der Waals surface area contributed by atoms with E-state index in [0.717, 1.165) is 24.1 Å². The Morgan fingerprint density at radius 2 is 2.24 bits per heavy atom. The lowest BCUT2D eigenvalue weighted by Crippen LogP contribution is -2.31. The number of non-ortho nitro benzene ring substituents is 1. The van der Waals surface area contributed by atoms with Gasteiger partial charge in [0.15, 0.2) is 11.5 Å². The van der Waals surface area contributed by atoms with Crippen LogP contribution in [0.25, 0.3) is 0 Å². The minimum Gasteiger partial charge on any atom is -0.492 e. The summed E-state index contributed by atoms with van der Waals surface area (Å²) in [6.07, 6.45) is 0.878. The SMILES string of the molecule is COc1c2c(cc3c1[C@H](C#CCNc1cccc([N+](=O)[O-])c1)N(C)CC3)OCO2. The van der Waals surface area contributed by atoms with Crippen molar-refractivity contribution in [1.82, 2.24) is 4.90 Å². The number of fused-ring (bicyclic) bond motifs is 2. The van der Waals surface area contributed by atoms with E-state index in [9.17, 15) is 10.1 Å². The first-order valence-corrected chi connectivity index (χ1v) is 9.25. The monoisotopic (exact) mass is 395 g/mol. The quantitative estimate of drug-likeness (QED) is 0.484. The summed E-state index contributed by atoms with van der Waals surface area (Å²) in [5.41, 5.74) is 2.86. The van der Waals surface area contributed by atoms with Crippen molar-refractivity contribution in [2.45, 2.75) is 12.5 Å². The van der Waals surface area contributed by atoms with Crippen molar-refractivity contribution in [3.05, 3.63) is 51.6 Å². The van der Waals surface area contributed by atoms with Crippen LogP contribution in [0.1, 0.15) is 17.2 Å². The Morgan fingerprint density at radius 1 is 1.38 bits per heavy atom. The second-order valence-electron chi connectivity index (χ2n) is 6.83. The molecule has 8 heteroatoms. The van der Waals surface area contributed by atoms with Gasteiger partial charge in [0.1, 0.15) is 6.04 Å². The van der Waals surface area contributed by atoms with E-state index < -0.39 is 4.92 Å². The minimum absolute atomic E-state index is 0.0460. The molecule has 2 aromatic rings. The third-order valence-corrected chi connectivity index (χ3v) is 5.07. The number of nitro benzene ring substituents is 1. The molecule has 0 bridgehead atoms. The Balaban J connectivity index is 1.56. The largest absolute Gasteiger partial charge is 0.492 e. The van der Waals surface area contributed by atoms with Crippen LogP contribution in [0.2, 0.25) is 0 Å². The van der Waals surface area contributed by atoms with Crippen molar-refractivity contribution in [1.29, 1.82) is 0 Å². The molecule has 0 radical (unpaired) electrons. The van der Waals surface area contributed by atoms with Gasteiger partial charge in [-0.1, -0.05) is 17.9 Å². The third-order valence-electron chi connectivity index (χ3n) is 5.07. The second kappa shape index (κ2) is 7.89. The highest BCUT2D eigenvalue weighted by Crippen LogP contribution is 2.49. The summed E-state index contributed by atoms with van der Waals surface area (Å²) in [4.78, 5) is 12.7. The molecule has 150 valence electrons. The molecule has 0 spiro atoms.